The molecule has 0 saturated heterocycles. The molecule has 112 valence electrons. The molecule has 0 fully saturated rings. The molecule has 2 aromatic carbocycles. The molecule has 0 aromatic heterocycles. The Kier molecular flexibility index (Phi) is 4.59. The molecule has 2 aromatic rings. The van der Waals surface area contributed by atoms with Crippen molar-refractivity contribution in [3.63, 3.8) is 0 Å². The zero-order chi connectivity index (χ0) is 15.6. The highest BCUT2D eigenvalue weighted by Crippen LogP contribution is 2.29. The Hall–Kier alpha value is -1.52. The summed E-state index contributed by atoms with van der Waals surface area (Å²) in [5.74, 6) is 0. The molecule has 0 radical (unpaired) electrons. The van der Waals surface area contributed by atoms with Crippen LogP contribution in [0.25, 0.3) is 0 Å². The van der Waals surface area contributed by atoms with Gasteiger partial charge in [0.2, 0.25) is 0 Å². The summed E-state index contributed by atoms with van der Waals surface area (Å²) in [7, 11) is 0. The quantitative estimate of drug-likeness (QED) is 0.856. The lowest BCUT2D eigenvalue weighted by atomic mass is 9.98. The van der Waals surface area contributed by atoms with Crippen LogP contribution >= 0.6 is 11.6 Å². The molecule has 0 bridgehead atoms. The summed E-state index contributed by atoms with van der Waals surface area (Å²) in [4.78, 5) is 0. The lowest BCUT2D eigenvalue weighted by Crippen LogP contribution is -2.14. The van der Waals surface area contributed by atoms with Gasteiger partial charge < -0.3 is 5.73 Å². The Bertz CT molecular complexity index is 620. The fourth-order valence-corrected chi connectivity index (χ4v) is 2.22. The Morgan fingerprint density at radius 3 is 2.24 bits per heavy atom. The SMILES string of the molecule is Cc1cc(C(N)Cc2ccc(C(F)(F)F)cc2)ccc1Cl. The lowest BCUT2D eigenvalue weighted by molar-refractivity contribution is -0.137. The third kappa shape index (κ3) is 3.99. The van der Waals surface area contributed by atoms with E-state index < -0.39 is 11.7 Å². The maximum absolute atomic E-state index is 12.5. The average Bonchev–Trinajstić information content (AvgIpc) is 2.41. The van der Waals surface area contributed by atoms with Crippen LogP contribution in [0.3, 0.4) is 0 Å². The Balaban J connectivity index is 2.12. The third-order valence-corrected chi connectivity index (χ3v) is 3.77. The Morgan fingerprint density at radius 2 is 1.71 bits per heavy atom. The standard InChI is InChI=1S/C16H15ClF3N/c1-10-8-12(4-7-14(10)17)15(21)9-11-2-5-13(6-3-11)16(18,19)20/h2-8,15H,9,21H2,1H3. The number of alkyl halides is 3. The van der Waals surface area contributed by atoms with E-state index in [9.17, 15) is 13.2 Å². The fourth-order valence-electron chi connectivity index (χ4n) is 2.10. The third-order valence-electron chi connectivity index (χ3n) is 3.35. The maximum Gasteiger partial charge on any atom is 0.416 e. The van der Waals surface area contributed by atoms with E-state index in [2.05, 4.69) is 0 Å². The van der Waals surface area contributed by atoms with Crippen molar-refractivity contribution >= 4 is 11.6 Å². The van der Waals surface area contributed by atoms with Crippen LogP contribution in [0.15, 0.2) is 42.5 Å². The number of hydrogen-bond donors (Lipinski definition) is 1. The van der Waals surface area contributed by atoms with Crippen LogP contribution in [-0.4, -0.2) is 0 Å². The van der Waals surface area contributed by atoms with Crippen LogP contribution in [0.5, 0.6) is 0 Å². The van der Waals surface area contributed by atoms with Gasteiger partial charge in [0, 0.05) is 11.1 Å². The van der Waals surface area contributed by atoms with Gasteiger partial charge in [-0.3, -0.25) is 0 Å². The second kappa shape index (κ2) is 6.08. The van der Waals surface area contributed by atoms with Crippen molar-refractivity contribution in [3.8, 4) is 0 Å². The Labute approximate surface area is 126 Å². The minimum atomic E-state index is -4.31. The summed E-state index contributed by atoms with van der Waals surface area (Å²) in [6.07, 6.45) is -3.84. The molecule has 1 atom stereocenters. The number of aryl methyl sites for hydroxylation is 1. The monoisotopic (exact) mass is 313 g/mol. The van der Waals surface area contributed by atoms with E-state index in [4.69, 9.17) is 17.3 Å². The van der Waals surface area contributed by atoms with Crippen LogP contribution < -0.4 is 5.73 Å². The first-order chi connectivity index (χ1) is 9.77. The highest BCUT2D eigenvalue weighted by Gasteiger charge is 2.29. The fraction of sp³-hybridized carbons (Fsp3) is 0.250. The van der Waals surface area contributed by atoms with Gasteiger partial charge in [-0.05, 0) is 48.2 Å². The van der Waals surface area contributed by atoms with E-state index in [0.717, 1.165) is 28.8 Å². The molecule has 1 nitrogen and oxygen atoms in total. The summed E-state index contributed by atoms with van der Waals surface area (Å²) >= 11 is 5.96. The largest absolute Gasteiger partial charge is 0.416 e. The molecule has 0 aliphatic rings. The lowest BCUT2D eigenvalue weighted by Gasteiger charge is -2.14. The summed E-state index contributed by atoms with van der Waals surface area (Å²) in [5, 5.41) is 0.667. The molecule has 1 unspecified atom stereocenters. The normalized spacial score (nSPS) is 13.2. The average molecular weight is 314 g/mol. The van der Waals surface area contributed by atoms with E-state index in [0.29, 0.717) is 11.4 Å². The van der Waals surface area contributed by atoms with Crippen molar-refractivity contribution in [1.29, 1.82) is 0 Å². The summed E-state index contributed by atoms with van der Waals surface area (Å²) in [6.45, 7) is 1.89. The van der Waals surface area contributed by atoms with Crippen molar-refractivity contribution in [1.82, 2.24) is 0 Å². The molecule has 2 rings (SSSR count). The molecule has 0 aliphatic heterocycles. The van der Waals surface area contributed by atoms with Crippen molar-refractivity contribution < 1.29 is 13.2 Å². The molecule has 0 saturated carbocycles. The van der Waals surface area contributed by atoms with Gasteiger partial charge in [0.05, 0.1) is 5.56 Å². The molecular formula is C16H15ClF3N. The molecule has 21 heavy (non-hydrogen) atoms. The van der Waals surface area contributed by atoms with Crippen molar-refractivity contribution in [2.24, 2.45) is 5.73 Å². The van der Waals surface area contributed by atoms with Crippen LogP contribution in [0.4, 0.5) is 13.2 Å². The van der Waals surface area contributed by atoms with E-state index >= 15 is 0 Å². The van der Waals surface area contributed by atoms with Gasteiger partial charge in [0.25, 0.3) is 0 Å². The summed E-state index contributed by atoms with van der Waals surface area (Å²) in [6, 6.07) is 10.3. The van der Waals surface area contributed by atoms with Crippen LogP contribution in [0.2, 0.25) is 5.02 Å². The molecule has 0 spiro atoms. The van der Waals surface area contributed by atoms with Crippen molar-refractivity contribution in [2.45, 2.75) is 25.6 Å². The summed E-state index contributed by atoms with van der Waals surface area (Å²) in [5.41, 5.74) is 8.06. The van der Waals surface area contributed by atoms with Gasteiger partial charge >= 0.3 is 6.18 Å². The van der Waals surface area contributed by atoms with Gasteiger partial charge in [0.15, 0.2) is 0 Å². The maximum atomic E-state index is 12.5. The number of rotatable bonds is 3. The smallest absolute Gasteiger partial charge is 0.324 e. The molecular weight excluding hydrogens is 299 g/mol. The van der Waals surface area contributed by atoms with E-state index in [1.54, 1.807) is 6.07 Å². The summed E-state index contributed by atoms with van der Waals surface area (Å²) < 4.78 is 37.5. The van der Waals surface area contributed by atoms with Crippen LogP contribution in [0.1, 0.15) is 28.3 Å². The molecule has 0 amide bonds. The zero-order valence-corrected chi connectivity index (χ0v) is 12.2. The highest BCUT2D eigenvalue weighted by atomic mass is 35.5. The Morgan fingerprint density at radius 1 is 1.10 bits per heavy atom. The molecule has 0 heterocycles. The number of benzene rings is 2. The second-order valence-electron chi connectivity index (χ2n) is 5.01. The topological polar surface area (TPSA) is 26.0 Å². The first-order valence-electron chi connectivity index (χ1n) is 6.45. The van der Waals surface area contributed by atoms with Crippen LogP contribution in [0, 0.1) is 6.92 Å². The van der Waals surface area contributed by atoms with Gasteiger partial charge in [-0.15, -0.1) is 0 Å². The van der Waals surface area contributed by atoms with Gasteiger partial charge in [-0.2, -0.15) is 13.2 Å². The number of nitrogens with two attached hydrogens (primary N) is 1. The first kappa shape index (κ1) is 15.9. The predicted octanol–water partition coefficient (Wildman–Crippen LogP) is 4.91. The molecule has 5 heteroatoms. The van der Waals surface area contributed by atoms with Gasteiger partial charge in [-0.25, -0.2) is 0 Å². The van der Waals surface area contributed by atoms with Crippen molar-refractivity contribution in [3.05, 3.63) is 69.7 Å². The minimum absolute atomic E-state index is 0.280. The molecule has 2 N–H and O–H groups in total. The van der Waals surface area contributed by atoms with E-state index in [1.165, 1.54) is 12.1 Å². The predicted molar refractivity (Wildman–Crippen MR) is 78.3 cm³/mol. The number of hydrogen-bond acceptors (Lipinski definition) is 1. The van der Waals surface area contributed by atoms with Gasteiger partial charge in [0.1, 0.15) is 0 Å². The highest BCUT2D eigenvalue weighted by molar-refractivity contribution is 6.31. The second-order valence-corrected chi connectivity index (χ2v) is 5.42. The minimum Gasteiger partial charge on any atom is -0.324 e. The van der Waals surface area contributed by atoms with Crippen LogP contribution in [-0.2, 0) is 12.6 Å². The first-order valence-corrected chi connectivity index (χ1v) is 6.83. The zero-order valence-electron chi connectivity index (χ0n) is 11.4. The van der Waals surface area contributed by atoms with Gasteiger partial charge in [-0.1, -0.05) is 35.9 Å². The van der Waals surface area contributed by atoms with E-state index in [1.807, 2.05) is 19.1 Å². The van der Waals surface area contributed by atoms with E-state index in [-0.39, 0.29) is 6.04 Å². The number of halogens is 4. The molecule has 0 aliphatic carbocycles. The van der Waals surface area contributed by atoms with Crippen molar-refractivity contribution in [2.75, 3.05) is 0 Å².